The summed E-state index contributed by atoms with van der Waals surface area (Å²) >= 11 is 1.79. The molecule has 0 amide bonds. The quantitative estimate of drug-likeness (QED) is 0.839. The van der Waals surface area contributed by atoms with Crippen molar-refractivity contribution in [2.24, 2.45) is 0 Å². The summed E-state index contributed by atoms with van der Waals surface area (Å²) in [7, 11) is 1.72. The summed E-state index contributed by atoms with van der Waals surface area (Å²) in [4.78, 5) is 2.53. The first-order chi connectivity index (χ1) is 12.7. The van der Waals surface area contributed by atoms with E-state index < -0.39 is 5.60 Å². The number of hydrogen-bond acceptors (Lipinski definition) is 5. The summed E-state index contributed by atoms with van der Waals surface area (Å²) in [5.74, 6) is 1.07. The van der Waals surface area contributed by atoms with E-state index in [4.69, 9.17) is 4.74 Å². The Labute approximate surface area is 160 Å². The van der Waals surface area contributed by atoms with Crippen molar-refractivity contribution in [2.45, 2.75) is 43.6 Å². The summed E-state index contributed by atoms with van der Waals surface area (Å²) in [5, 5.41) is 18.6. The van der Waals surface area contributed by atoms with Crippen molar-refractivity contribution in [1.82, 2.24) is 10.2 Å². The Morgan fingerprint density at radius 3 is 2.73 bits per heavy atom. The van der Waals surface area contributed by atoms with Gasteiger partial charge in [0, 0.05) is 43.3 Å². The van der Waals surface area contributed by atoms with E-state index in [1.54, 1.807) is 18.4 Å². The average molecular weight is 375 g/mol. The number of fused-ring (bicyclic) bond motifs is 1. The SMILES string of the molecule is COc1ccc2scc(C(CN3CCNCC3)C3(O)CCCCC3)c2c1. The maximum atomic E-state index is 11.7. The highest BCUT2D eigenvalue weighted by Gasteiger charge is 2.40. The third-order valence-electron chi connectivity index (χ3n) is 6.20. The number of rotatable bonds is 5. The molecular weight excluding hydrogens is 344 g/mol. The molecule has 2 aliphatic rings. The van der Waals surface area contributed by atoms with Crippen LogP contribution in [0.1, 0.15) is 43.6 Å². The Balaban J connectivity index is 1.71. The van der Waals surface area contributed by atoms with Gasteiger partial charge in [-0.15, -0.1) is 11.3 Å². The zero-order valence-corrected chi connectivity index (χ0v) is 16.5. The molecule has 2 fully saturated rings. The molecule has 2 aromatic rings. The molecule has 4 rings (SSSR count). The highest BCUT2D eigenvalue weighted by molar-refractivity contribution is 7.17. The molecule has 1 unspecified atom stereocenters. The van der Waals surface area contributed by atoms with Crippen LogP contribution < -0.4 is 10.1 Å². The number of aliphatic hydroxyl groups is 1. The molecule has 4 nitrogen and oxygen atoms in total. The normalized spacial score (nSPS) is 22.4. The summed E-state index contributed by atoms with van der Waals surface area (Å²) in [5.41, 5.74) is 0.729. The van der Waals surface area contributed by atoms with Gasteiger partial charge in [0.05, 0.1) is 12.7 Å². The zero-order valence-electron chi connectivity index (χ0n) is 15.7. The van der Waals surface area contributed by atoms with E-state index in [-0.39, 0.29) is 5.92 Å². The number of piperazine rings is 1. The van der Waals surface area contributed by atoms with Crippen molar-refractivity contribution >= 4 is 21.4 Å². The highest BCUT2D eigenvalue weighted by Crippen LogP contribution is 2.44. The lowest BCUT2D eigenvalue weighted by Crippen LogP contribution is -2.49. The standard InChI is InChI=1S/C21H30N2O2S/c1-25-16-5-6-20-17(13-16)18(15-26-20)19(14-23-11-9-22-10-12-23)21(24)7-3-2-4-8-21/h5-6,13,15,19,22,24H,2-4,7-12,14H2,1H3. The summed E-state index contributed by atoms with van der Waals surface area (Å²) in [6, 6.07) is 6.33. The van der Waals surface area contributed by atoms with Gasteiger partial charge >= 0.3 is 0 Å². The maximum Gasteiger partial charge on any atom is 0.119 e. The monoisotopic (exact) mass is 374 g/mol. The van der Waals surface area contributed by atoms with Crippen LogP contribution in [0.2, 0.25) is 0 Å². The molecule has 1 aromatic heterocycles. The predicted molar refractivity (Wildman–Crippen MR) is 108 cm³/mol. The predicted octanol–water partition coefficient (Wildman–Crippen LogP) is 3.59. The van der Waals surface area contributed by atoms with Gasteiger partial charge in [0.25, 0.3) is 0 Å². The minimum atomic E-state index is -0.583. The molecule has 1 aliphatic carbocycles. The van der Waals surface area contributed by atoms with Crippen LogP contribution in [-0.2, 0) is 0 Å². The van der Waals surface area contributed by atoms with Gasteiger partial charge in [-0.1, -0.05) is 19.3 Å². The number of benzene rings is 1. The number of hydrogen-bond donors (Lipinski definition) is 2. The third-order valence-corrected chi connectivity index (χ3v) is 7.19. The minimum Gasteiger partial charge on any atom is -0.497 e. The molecule has 0 bridgehead atoms. The van der Waals surface area contributed by atoms with Gasteiger partial charge in [-0.25, -0.2) is 0 Å². The van der Waals surface area contributed by atoms with Gasteiger partial charge in [0.15, 0.2) is 0 Å². The first-order valence-electron chi connectivity index (χ1n) is 9.90. The Kier molecular flexibility index (Phi) is 5.50. The second-order valence-electron chi connectivity index (χ2n) is 7.82. The smallest absolute Gasteiger partial charge is 0.119 e. The molecule has 5 heteroatoms. The summed E-state index contributed by atoms with van der Waals surface area (Å²) < 4.78 is 6.75. The van der Waals surface area contributed by atoms with Crippen LogP contribution in [0, 0.1) is 0 Å². The van der Waals surface area contributed by atoms with E-state index in [1.807, 2.05) is 6.07 Å². The second kappa shape index (κ2) is 7.85. The number of ether oxygens (including phenoxy) is 1. The lowest BCUT2D eigenvalue weighted by molar-refractivity contribution is -0.0311. The first-order valence-corrected chi connectivity index (χ1v) is 10.8. The second-order valence-corrected chi connectivity index (χ2v) is 8.73. The van der Waals surface area contributed by atoms with Crippen molar-refractivity contribution in [2.75, 3.05) is 39.8 Å². The number of methoxy groups -OCH3 is 1. The van der Waals surface area contributed by atoms with Gasteiger partial charge in [0.1, 0.15) is 5.75 Å². The molecule has 2 heterocycles. The minimum absolute atomic E-state index is 0.168. The van der Waals surface area contributed by atoms with Crippen molar-refractivity contribution < 1.29 is 9.84 Å². The van der Waals surface area contributed by atoms with Crippen LogP contribution in [0.5, 0.6) is 5.75 Å². The fourth-order valence-corrected chi connectivity index (χ4v) is 5.64. The molecule has 1 saturated carbocycles. The largest absolute Gasteiger partial charge is 0.497 e. The molecule has 1 atom stereocenters. The van der Waals surface area contributed by atoms with E-state index in [0.717, 1.165) is 64.2 Å². The molecule has 1 aliphatic heterocycles. The molecule has 26 heavy (non-hydrogen) atoms. The van der Waals surface area contributed by atoms with Crippen LogP contribution in [0.15, 0.2) is 23.6 Å². The summed E-state index contributed by atoms with van der Waals surface area (Å²) in [6.45, 7) is 5.17. The first kappa shape index (κ1) is 18.2. The molecule has 142 valence electrons. The lowest BCUT2D eigenvalue weighted by atomic mass is 9.72. The Morgan fingerprint density at radius 1 is 1.23 bits per heavy atom. The van der Waals surface area contributed by atoms with Crippen molar-refractivity contribution in [3.63, 3.8) is 0 Å². The Morgan fingerprint density at radius 2 is 2.00 bits per heavy atom. The molecule has 1 saturated heterocycles. The number of nitrogens with one attached hydrogen (secondary N) is 1. The van der Waals surface area contributed by atoms with E-state index >= 15 is 0 Å². The maximum absolute atomic E-state index is 11.7. The molecule has 0 radical (unpaired) electrons. The van der Waals surface area contributed by atoms with E-state index in [9.17, 15) is 5.11 Å². The van der Waals surface area contributed by atoms with Gasteiger partial charge in [-0.2, -0.15) is 0 Å². The molecular formula is C21H30N2O2S. The van der Waals surface area contributed by atoms with Crippen LogP contribution in [0.25, 0.3) is 10.1 Å². The van der Waals surface area contributed by atoms with Crippen LogP contribution in [0.3, 0.4) is 0 Å². The Hall–Kier alpha value is -1.14. The van der Waals surface area contributed by atoms with E-state index in [1.165, 1.54) is 22.1 Å². The van der Waals surface area contributed by atoms with Gasteiger partial charge in [-0.3, -0.25) is 0 Å². The number of nitrogens with zero attached hydrogens (tertiary/aromatic N) is 1. The Bertz CT molecular complexity index is 733. The fraction of sp³-hybridized carbons (Fsp3) is 0.619. The molecule has 2 N–H and O–H groups in total. The van der Waals surface area contributed by atoms with Crippen LogP contribution in [-0.4, -0.2) is 55.4 Å². The third kappa shape index (κ3) is 3.63. The lowest BCUT2D eigenvalue weighted by Gasteiger charge is -2.42. The molecule has 1 aromatic carbocycles. The fourth-order valence-electron chi connectivity index (χ4n) is 4.65. The van der Waals surface area contributed by atoms with Gasteiger partial charge in [0.2, 0.25) is 0 Å². The van der Waals surface area contributed by atoms with Crippen LogP contribution in [0.4, 0.5) is 0 Å². The number of thiophene rings is 1. The average Bonchev–Trinajstić information content (AvgIpc) is 3.10. The summed E-state index contributed by atoms with van der Waals surface area (Å²) in [6.07, 6.45) is 5.37. The highest BCUT2D eigenvalue weighted by atomic mass is 32.1. The molecule has 0 spiro atoms. The van der Waals surface area contributed by atoms with Crippen molar-refractivity contribution in [3.05, 3.63) is 29.1 Å². The van der Waals surface area contributed by atoms with Crippen molar-refractivity contribution in [3.8, 4) is 5.75 Å². The van der Waals surface area contributed by atoms with E-state index in [0.29, 0.717) is 0 Å². The zero-order chi connectivity index (χ0) is 18.0. The van der Waals surface area contributed by atoms with Gasteiger partial charge in [-0.05, 0) is 47.4 Å². The van der Waals surface area contributed by atoms with E-state index in [2.05, 4.69) is 27.7 Å². The topological polar surface area (TPSA) is 44.7 Å². The van der Waals surface area contributed by atoms with Crippen molar-refractivity contribution in [1.29, 1.82) is 0 Å². The van der Waals surface area contributed by atoms with Gasteiger partial charge < -0.3 is 20.1 Å². The van der Waals surface area contributed by atoms with Crippen LogP contribution >= 0.6 is 11.3 Å².